The summed E-state index contributed by atoms with van der Waals surface area (Å²) in [7, 11) is 3.43. The second-order valence-corrected chi connectivity index (χ2v) is 6.07. The van der Waals surface area contributed by atoms with E-state index in [0.29, 0.717) is 19.7 Å². The van der Waals surface area contributed by atoms with Crippen LogP contribution in [0.25, 0.3) is 0 Å². The van der Waals surface area contributed by atoms with Gasteiger partial charge >= 0.3 is 0 Å². The summed E-state index contributed by atoms with van der Waals surface area (Å²) in [5.74, 6) is 0.808. The molecule has 22 heavy (non-hydrogen) atoms. The number of ether oxygens (including phenoxy) is 2. The summed E-state index contributed by atoms with van der Waals surface area (Å²) in [6.07, 6.45) is -0.113. The Bertz CT molecular complexity index is 516. The minimum Gasteiger partial charge on any atom is -0.496 e. The number of carbonyl (C=O) groups excluding carboxylic acids is 1. The van der Waals surface area contributed by atoms with Gasteiger partial charge in [-0.3, -0.25) is 4.79 Å². The van der Waals surface area contributed by atoms with Crippen LogP contribution in [0.3, 0.4) is 0 Å². The van der Waals surface area contributed by atoms with Crippen LogP contribution in [-0.2, 0) is 16.1 Å². The summed E-state index contributed by atoms with van der Waals surface area (Å²) in [5.41, 5.74) is 0.965. The maximum atomic E-state index is 12.5. The summed E-state index contributed by atoms with van der Waals surface area (Å²) in [6.45, 7) is 3.76. The van der Waals surface area contributed by atoms with Gasteiger partial charge in [0.25, 0.3) is 0 Å². The molecule has 2 atom stereocenters. The largest absolute Gasteiger partial charge is 0.496 e. The molecule has 0 unspecified atom stereocenters. The predicted molar refractivity (Wildman–Crippen MR) is 91.6 cm³/mol. The molecule has 0 radical (unpaired) electrons. The number of methoxy groups -OCH3 is 1. The maximum Gasteiger partial charge on any atom is 0.242 e. The van der Waals surface area contributed by atoms with Gasteiger partial charge in [0.05, 0.1) is 19.8 Å². The number of nitrogens with zero attached hydrogens (tertiary/aromatic N) is 1. The topological polar surface area (TPSA) is 50.8 Å². The number of nitrogens with one attached hydrogen (secondary N) is 1. The molecular weight excluding hydrogens is 372 g/mol. The fraction of sp³-hybridized carbons (Fsp3) is 0.533. The van der Waals surface area contributed by atoms with Crippen LogP contribution < -0.4 is 10.1 Å². The van der Waals surface area contributed by atoms with E-state index in [1.54, 1.807) is 19.1 Å². The minimum absolute atomic E-state index is 0. The molecule has 1 aromatic carbocycles. The van der Waals surface area contributed by atoms with Crippen LogP contribution in [0.2, 0.25) is 0 Å². The highest BCUT2D eigenvalue weighted by Gasteiger charge is 2.30. The minimum atomic E-state index is -0.290. The first-order valence-corrected chi connectivity index (χ1v) is 7.74. The Morgan fingerprint density at radius 1 is 1.55 bits per heavy atom. The van der Waals surface area contributed by atoms with Crippen LogP contribution in [0, 0.1) is 0 Å². The van der Waals surface area contributed by atoms with Gasteiger partial charge in [-0.25, -0.2) is 0 Å². The molecule has 7 heteroatoms. The smallest absolute Gasteiger partial charge is 0.242 e. The molecule has 1 fully saturated rings. The van der Waals surface area contributed by atoms with Crippen LogP contribution in [-0.4, -0.2) is 50.3 Å². The summed E-state index contributed by atoms with van der Waals surface area (Å²) in [4.78, 5) is 14.2. The summed E-state index contributed by atoms with van der Waals surface area (Å²) >= 11 is 3.45. The predicted octanol–water partition coefficient (Wildman–Crippen LogP) is 2.21. The molecule has 0 aliphatic carbocycles. The Kier molecular flexibility index (Phi) is 7.62. The highest BCUT2D eigenvalue weighted by molar-refractivity contribution is 9.10. The SMILES string of the molecule is COc1ccc(Br)cc1CN(C)C(=O)[C@H]1NCCO[C@@H]1C.Cl. The number of benzene rings is 1. The lowest BCUT2D eigenvalue weighted by atomic mass is 10.1. The van der Waals surface area contributed by atoms with Crippen LogP contribution in [0.5, 0.6) is 5.75 Å². The molecule has 1 saturated heterocycles. The number of rotatable bonds is 4. The molecule has 0 bridgehead atoms. The Balaban J connectivity index is 0.00000242. The second kappa shape index (κ2) is 8.72. The zero-order valence-corrected chi connectivity index (χ0v) is 15.4. The average Bonchev–Trinajstić information content (AvgIpc) is 2.47. The lowest BCUT2D eigenvalue weighted by Crippen LogP contribution is -2.55. The Hall–Kier alpha value is -0.820. The van der Waals surface area contributed by atoms with Gasteiger partial charge in [0.15, 0.2) is 0 Å². The first-order valence-electron chi connectivity index (χ1n) is 6.95. The van der Waals surface area contributed by atoms with E-state index >= 15 is 0 Å². The second-order valence-electron chi connectivity index (χ2n) is 5.16. The van der Waals surface area contributed by atoms with E-state index in [-0.39, 0.29) is 30.5 Å². The number of hydrogen-bond acceptors (Lipinski definition) is 4. The van der Waals surface area contributed by atoms with E-state index in [2.05, 4.69) is 21.2 Å². The van der Waals surface area contributed by atoms with Crippen LogP contribution in [0.15, 0.2) is 22.7 Å². The van der Waals surface area contributed by atoms with Crippen LogP contribution in [0.1, 0.15) is 12.5 Å². The lowest BCUT2D eigenvalue weighted by Gasteiger charge is -2.32. The van der Waals surface area contributed by atoms with E-state index < -0.39 is 0 Å². The summed E-state index contributed by atoms with van der Waals surface area (Å²) in [5, 5.41) is 3.22. The van der Waals surface area contributed by atoms with Crippen molar-refractivity contribution in [3.05, 3.63) is 28.2 Å². The van der Waals surface area contributed by atoms with Crippen molar-refractivity contribution in [2.45, 2.75) is 25.6 Å². The Morgan fingerprint density at radius 3 is 2.91 bits per heavy atom. The highest BCUT2D eigenvalue weighted by Crippen LogP contribution is 2.24. The van der Waals surface area contributed by atoms with Gasteiger partial charge in [-0.15, -0.1) is 12.4 Å². The molecule has 5 nitrogen and oxygen atoms in total. The Labute approximate surface area is 145 Å². The van der Waals surface area contributed by atoms with E-state index in [9.17, 15) is 4.79 Å². The summed E-state index contributed by atoms with van der Waals surface area (Å²) < 4.78 is 11.8. The first-order chi connectivity index (χ1) is 10.0. The third kappa shape index (κ3) is 4.59. The van der Waals surface area contributed by atoms with E-state index in [1.807, 2.05) is 25.1 Å². The number of carbonyl (C=O) groups is 1. The molecule has 2 rings (SSSR count). The molecule has 1 aliphatic heterocycles. The molecule has 0 spiro atoms. The van der Waals surface area contributed by atoms with E-state index in [1.165, 1.54) is 0 Å². The van der Waals surface area contributed by atoms with Gasteiger partial charge in [0.1, 0.15) is 11.8 Å². The third-order valence-corrected chi connectivity index (χ3v) is 4.10. The van der Waals surface area contributed by atoms with Gasteiger partial charge in [0, 0.05) is 30.2 Å². The number of amides is 1. The van der Waals surface area contributed by atoms with Gasteiger partial charge < -0.3 is 19.7 Å². The van der Waals surface area contributed by atoms with Gasteiger partial charge in [0.2, 0.25) is 5.91 Å². The van der Waals surface area contributed by atoms with Crippen LogP contribution in [0.4, 0.5) is 0 Å². The lowest BCUT2D eigenvalue weighted by molar-refractivity contribution is -0.138. The Morgan fingerprint density at radius 2 is 2.27 bits per heavy atom. The maximum absolute atomic E-state index is 12.5. The normalized spacial score (nSPS) is 20.9. The monoisotopic (exact) mass is 392 g/mol. The van der Waals surface area contributed by atoms with Crippen LogP contribution >= 0.6 is 28.3 Å². The van der Waals surface area contributed by atoms with Gasteiger partial charge in [-0.1, -0.05) is 15.9 Å². The van der Waals surface area contributed by atoms with Crippen molar-refractivity contribution in [3.8, 4) is 5.75 Å². The van der Waals surface area contributed by atoms with Gasteiger partial charge in [-0.05, 0) is 25.1 Å². The molecule has 1 aliphatic rings. The molecular formula is C15H22BrClN2O3. The van der Waals surface area contributed by atoms with Crippen molar-refractivity contribution >= 4 is 34.2 Å². The van der Waals surface area contributed by atoms with Crippen molar-refractivity contribution in [2.75, 3.05) is 27.3 Å². The fourth-order valence-electron chi connectivity index (χ4n) is 2.45. The third-order valence-electron chi connectivity index (χ3n) is 3.61. The van der Waals surface area contributed by atoms with Crippen molar-refractivity contribution in [3.63, 3.8) is 0 Å². The number of likely N-dealkylation sites (N-methyl/N-ethyl adjacent to an activating group) is 1. The molecule has 0 saturated carbocycles. The van der Waals surface area contributed by atoms with E-state index in [0.717, 1.165) is 15.8 Å². The molecule has 1 aromatic rings. The highest BCUT2D eigenvalue weighted by atomic mass is 79.9. The van der Waals surface area contributed by atoms with Crippen molar-refractivity contribution in [1.29, 1.82) is 0 Å². The first kappa shape index (κ1) is 19.2. The zero-order valence-electron chi connectivity index (χ0n) is 13.0. The average molecular weight is 394 g/mol. The van der Waals surface area contributed by atoms with Crippen molar-refractivity contribution in [1.82, 2.24) is 10.2 Å². The molecule has 0 aromatic heterocycles. The molecule has 1 amide bonds. The van der Waals surface area contributed by atoms with Crippen molar-refractivity contribution < 1.29 is 14.3 Å². The zero-order chi connectivity index (χ0) is 15.4. The summed E-state index contributed by atoms with van der Waals surface area (Å²) in [6, 6.07) is 5.49. The van der Waals surface area contributed by atoms with Crippen molar-refractivity contribution in [2.24, 2.45) is 0 Å². The van der Waals surface area contributed by atoms with E-state index in [4.69, 9.17) is 9.47 Å². The molecule has 124 valence electrons. The number of morpholine rings is 1. The number of halogens is 2. The number of hydrogen-bond donors (Lipinski definition) is 1. The quantitative estimate of drug-likeness (QED) is 0.852. The van der Waals surface area contributed by atoms with Gasteiger partial charge in [-0.2, -0.15) is 0 Å². The molecule has 1 heterocycles. The fourth-order valence-corrected chi connectivity index (χ4v) is 2.86. The molecule has 1 N–H and O–H groups in total. The standard InChI is InChI=1S/C15H21BrN2O3.ClH/c1-10-14(17-6-7-21-10)15(19)18(2)9-11-8-12(16)4-5-13(11)20-3;/h4-5,8,10,14,17H,6-7,9H2,1-3H3;1H/t10-,14+;/m1./s1.